The quantitative estimate of drug-likeness (QED) is 0.192. The van der Waals surface area contributed by atoms with Gasteiger partial charge in [0.25, 0.3) is 0 Å². The molecule has 6 rings (SSSR count). The van der Waals surface area contributed by atoms with E-state index >= 15 is 0 Å². The van der Waals surface area contributed by atoms with Crippen LogP contribution in [0.15, 0.2) is 54.9 Å². The average molecular weight is 658 g/mol. The number of carbonyl (C=O) groups is 1. The number of amides is 1. The molecule has 1 aliphatic heterocycles. The highest BCUT2D eigenvalue weighted by molar-refractivity contribution is 6.33. The topological polar surface area (TPSA) is 119 Å². The molecule has 2 aromatic heterocycles. The lowest BCUT2D eigenvalue weighted by molar-refractivity contribution is -0.00185. The zero-order valence-corrected chi connectivity index (χ0v) is 28.0. The summed E-state index contributed by atoms with van der Waals surface area (Å²) in [5.74, 6) is 1.78. The molecule has 1 saturated heterocycles. The Bertz CT molecular complexity index is 1780. The van der Waals surface area contributed by atoms with E-state index in [9.17, 15) is 10.1 Å². The fraction of sp³-hybridized carbons (Fsp3) is 0.457. The standard InChI is InChI=1S/C35H40ClN7O4/c1-34(2,3)47-33(44)42-17-16-41(22-25(42)12-15-37)18-19-45-26-10-11-27(28(36)20-26)30-40-29-31(43(30)21-24-8-6-5-7-9-24)38-23-39-32(29)46-35(4)13-14-35/h5-11,20,23,25H,12-14,16-19,21-22H2,1-4H3/t25-/m0/s1. The maximum absolute atomic E-state index is 12.7. The highest BCUT2D eigenvalue weighted by Gasteiger charge is 2.41. The summed E-state index contributed by atoms with van der Waals surface area (Å²) in [5, 5.41) is 9.88. The second-order valence-electron chi connectivity index (χ2n) is 13.4. The van der Waals surface area contributed by atoms with Crippen molar-refractivity contribution in [2.45, 2.75) is 70.7 Å². The van der Waals surface area contributed by atoms with Crippen LogP contribution >= 0.6 is 11.6 Å². The number of piperazine rings is 1. The monoisotopic (exact) mass is 657 g/mol. The summed E-state index contributed by atoms with van der Waals surface area (Å²) in [5.41, 5.74) is 2.31. The number of carbonyl (C=O) groups excluding carboxylic acids is 1. The van der Waals surface area contributed by atoms with Crippen molar-refractivity contribution < 1.29 is 19.0 Å². The number of hydrogen-bond acceptors (Lipinski definition) is 9. The van der Waals surface area contributed by atoms with Crippen molar-refractivity contribution >= 4 is 28.9 Å². The van der Waals surface area contributed by atoms with Crippen molar-refractivity contribution in [3.63, 3.8) is 0 Å². The van der Waals surface area contributed by atoms with Crippen LogP contribution in [0.2, 0.25) is 5.02 Å². The number of halogens is 1. The molecule has 47 heavy (non-hydrogen) atoms. The second-order valence-corrected chi connectivity index (χ2v) is 13.8. The molecule has 1 amide bonds. The third-order valence-corrected chi connectivity index (χ3v) is 8.67. The molecule has 3 heterocycles. The molecule has 2 aromatic carbocycles. The van der Waals surface area contributed by atoms with Crippen LogP contribution in [0.3, 0.4) is 0 Å². The number of imidazole rings is 1. The van der Waals surface area contributed by atoms with Crippen LogP contribution in [0, 0.1) is 11.3 Å². The number of ether oxygens (including phenoxy) is 3. The van der Waals surface area contributed by atoms with Gasteiger partial charge in [-0.15, -0.1) is 0 Å². The molecular weight excluding hydrogens is 618 g/mol. The van der Waals surface area contributed by atoms with Crippen molar-refractivity contribution in [3.8, 4) is 29.1 Å². The Morgan fingerprint density at radius 1 is 1.13 bits per heavy atom. The molecular formula is C35H40ClN7O4. The molecule has 0 unspecified atom stereocenters. The number of nitrogens with zero attached hydrogens (tertiary/aromatic N) is 7. The summed E-state index contributed by atoms with van der Waals surface area (Å²) in [6, 6.07) is 17.7. The van der Waals surface area contributed by atoms with E-state index in [1.807, 2.05) is 55.7 Å². The van der Waals surface area contributed by atoms with Crippen molar-refractivity contribution in [1.82, 2.24) is 29.3 Å². The SMILES string of the molecule is CC(C)(C)OC(=O)N1CCN(CCOc2ccc(-c3nc4c(OC5(C)CC5)ncnc4n3Cc3ccccc3)c(Cl)c2)C[C@@H]1CC#N. The number of aromatic nitrogens is 4. The van der Waals surface area contributed by atoms with Gasteiger partial charge in [-0.3, -0.25) is 4.90 Å². The Hall–Kier alpha value is -4.40. The molecule has 2 aliphatic rings. The minimum Gasteiger partial charge on any atom is -0.492 e. The molecule has 4 aromatic rings. The van der Waals surface area contributed by atoms with Gasteiger partial charge in [-0.25, -0.2) is 14.8 Å². The predicted octanol–water partition coefficient (Wildman–Crippen LogP) is 6.34. The second kappa shape index (κ2) is 13.4. The lowest BCUT2D eigenvalue weighted by Crippen LogP contribution is -2.56. The molecule has 0 radical (unpaired) electrons. The minimum atomic E-state index is -0.593. The van der Waals surface area contributed by atoms with Gasteiger partial charge in [0.1, 0.15) is 35.7 Å². The first-order valence-corrected chi connectivity index (χ1v) is 16.4. The van der Waals surface area contributed by atoms with E-state index in [-0.39, 0.29) is 24.2 Å². The van der Waals surface area contributed by atoms with Gasteiger partial charge < -0.3 is 23.7 Å². The molecule has 0 N–H and O–H groups in total. The summed E-state index contributed by atoms with van der Waals surface area (Å²) < 4.78 is 20.0. The Morgan fingerprint density at radius 2 is 1.91 bits per heavy atom. The van der Waals surface area contributed by atoms with Gasteiger partial charge in [0.15, 0.2) is 11.2 Å². The summed E-state index contributed by atoms with van der Waals surface area (Å²) >= 11 is 6.90. The van der Waals surface area contributed by atoms with Crippen molar-refractivity contribution in [1.29, 1.82) is 5.26 Å². The van der Waals surface area contributed by atoms with Gasteiger partial charge in [-0.1, -0.05) is 41.9 Å². The van der Waals surface area contributed by atoms with Gasteiger partial charge in [-0.2, -0.15) is 10.2 Å². The lowest BCUT2D eigenvalue weighted by atomic mass is 10.1. The first-order chi connectivity index (χ1) is 22.5. The highest BCUT2D eigenvalue weighted by Crippen LogP contribution is 2.41. The molecule has 0 spiro atoms. The number of benzene rings is 2. The van der Waals surface area contributed by atoms with Crippen LogP contribution in [0.1, 0.15) is 52.5 Å². The van der Waals surface area contributed by atoms with E-state index in [4.69, 9.17) is 30.8 Å². The fourth-order valence-corrected chi connectivity index (χ4v) is 5.90. The van der Waals surface area contributed by atoms with Crippen molar-refractivity contribution in [2.75, 3.05) is 32.8 Å². The van der Waals surface area contributed by atoms with E-state index in [0.29, 0.717) is 73.0 Å². The number of rotatable bonds is 10. The molecule has 246 valence electrons. The number of fused-ring (bicyclic) bond motifs is 1. The third kappa shape index (κ3) is 7.77. The predicted molar refractivity (Wildman–Crippen MR) is 178 cm³/mol. The molecule has 2 fully saturated rings. The number of nitriles is 1. The Morgan fingerprint density at radius 3 is 2.62 bits per heavy atom. The van der Waals surface area contributed by atoms with Crippen LogP contribution in [0.5, 0.6) is 11.6 Å². The Kier molecular flexibility index (Phi) is 9.26. The fourth-order valence-electron chi connectivity index (χ4n) is 5.65. The first-order valence-electron chi connectivity index (χ1n) is 16.0. The third-order valence-electron chi connectivity index (χ3n) is 8.36. The largest absolute Gasteiger partial charge is 0.492 e. The van der Waals surface area contributed by atoms with E-state index < -0.39 is 5.60 Å². The molecule has 1 aliphatic carbocycles. The summed E-state index contributed by atoms with van der Waals surface area (Å²) in [6.45, 7) is 10.9. The lowest BCUT2D eigenvalue weighted by Gasteiger charge is -2.40. The van der Waals surface area contributed by atoms with E-state index in [1.165, 1.54) is 6.33 Å². The smallest absolute Gasteiger partial charge is 0.410 e. The number of hydrogen-bond donors (Lipinski definition) is 0. The summed E-state index contributed by atoms with van der Waals surface area (Å²) in [4.78, 5) is 30.6. The van der Waals surface area contributed by atoms with E-state index in [2.05, 4.69) is 40.0 Å². The van der Waals surface area contributed by atoms with Gasteiger partial charge in [0.2, 0.25) is 5.88 Å². The zero-order chi connectivity index (χ0) is 33.2. The average Bonchev–Trinajstić information content (AvgIpc) is 3.64. The molecule has 11 nitrogen and oxygen atoms in total. The minimum absolute atomic E-state index is 0.219. The molecule has 0 bridgehead atoms. The molecule has 12 heteroatoms. The highest BCUT2D eigenvalue weighted by atomic mass is 35.5. The van der Waals surface area contributed by atoms with Gasteiger partial charge in [0.05, 0.1) is 30.1 Å². The van der Waals surface area contributed by atoms with Crippen molar-refractivity contribution in [2.24, 2.45) is 0 Å². The Labute approximate surface area is 280 Å². The maximum atomic E-state index is 12.7. The van der Waals surface area contributed by atoms with Gasteiger partial charge in [0, 0.05) is 31.7 Å². The van der Waals surface area contributed by atoms with E-state index in [1.54, 1.807) is 11.0 Å². The molecule has 1 atom stereocenters. The van der Waals surface area contributed by atoms with Crippen LogP contribution in [0.25, 0.3) is 22.6 Å². The van der Waals surface area contributed by atoms with Crippen LogP contribution < -0.4 is 9.47 Å². The maximum Gasteiger partial charge on any atom is 0.410 e. The van der Waals surface area contributed by atoms with Crippen LogP contribution in [0.4, 0.5) is 4.79 Å². The van der Waals surface area contributed by atoms with Crippen molar-refractivity contribution in [3.05, 3.63) is 65.4 Å². The van der Waals surface area contributed by atoms with E-state index in [0.717, 1.165) is 24.0 Å². The summed E-state index contributed by atoms with van der Waals surface area (Å²) in [6.07, 6.45) is 3.34. The van der Waals surface area contributed by atoms with Crippen LogP contribution in [-0.4, -0.2) is 85.4 Å². The Balaban J connectivity index is 1.16. The summed E-state index contributed by atoms with van der Waals surface area (Å²) in [7, 11) is 0. The first kappa shape index (κ1) is 32.5. The normalized spacial score (nSPS) is 17.7. The van der Waals surface area contributed by atoms with Gasteiger partial charge >= 0.3 is 6.09 Å². The zero-order valence-electron chi connectivity index (χ0n) is 27.3. The molecule has 1 saturated carbocycles. The van der Waals surface area contributed by atoms with Crippen LogP contribution in [-0.2, 0) is 11.3 Å². The van der Waals surface area contributed by atoms with Gasteiger partial charge in [-0.05, 0) is 64.3 Å².